The van der Waals surface area contributed by atoms with E-state index in [1.165, 1.54) is 6.33 Å². The first-order valence-electron chi connectivity index (χ1n) is 9.38. The highest BCUT2D eigenvalue weighted by Crippen LogP contribution is 2.21. The molecular formula is C19H25ClN6O2. The van der Waals surface area contributed by atoms with Crippen molar-refractivity contribution >= 4 is 24.2 Å². The number of hydrogen-bond acceptors (Lipinski definition) is 5. The van der Waals surface area contributed by atoms with Crippen LogP contribution in [-0.2, 0) is 4.79 Å². The third-order valence-corrected chi connectivity index (χ3v) is 5.37. The number of aryl methyl sites for hydroxylation is 1. The standard InChI is InChI=1S/C19H24N6O2.ClH/c1-14-9-15(25-13-21-12-22-25)4-5-17(14)19(27)23-7-2-3-16(11-23)24-8-6-20-10-18(24)26;/h4-5,9,12-13,16,20H,2-3,6-8,10-11H2,1H3;1H. The largest absolute Gasteiger partial charge is 0.337 e. The normalized spacial score (nSPS) is 20.0. The zero-order chi connectivity index (χ0) is 18.8. The van der Waals surface area contributed by atoms with E-state index in [2.05, 4.69) is 15.4 Å². The molecule has 1 unspecified atom stereocenters. The maximum atomic E-state index is 13.1. The minimum absolute atomic E-state index is 0. The number of carbonyl (C=O) groups is 2. The molecule has 2 aliphatic heterocycles. The van der Waals surface area contributed by atoms with Crippen molar-refractivity contribution in [3.8, 4) is 5.69 Å². The molecule has 2 saturated heterocycles. The molecule has 1 aromatic carbocycles. The number of amides is 2. The summed E-state index contributed by atoms with van der Waals surface area (Å²) in [7, 11) is 0. The van der Waals surface area contributed by atoms with Crippen LogP contribution in [0.2, 0.25) is 0 Å². The van der Waals surface area contributed by atoms with E-state index in [-0.39, 0.29) is 30.3 Å². The zero-order valence-corrected chi connectivity index (χ0v) is 16.7. The first kappa shape index (κ1) is 20.3. The minimum Gasteiger partial charge on any atom is -0.337 e. The van der Waals surface area contributed by atoms with Gasteiger partial charge in [-0.15, -0.1) is 12.4 Å². The van der Waals surface area contributed by atoms with E-state index in [9.17, 15) is 9.59 Å². The van der Waals surface area contributed by atoms with Crippen LogP contribution in [0, 0.1) is 6.92 Å². The van der Waals surface area contributed by atoms with Gasteiger partial charge in [0, 0.05) is 37.8 Å². The first-order chi connectivity index (χ1) is 13.1. The van der Waals surface area contributed by atoms with Crippen LogP contribution in [0.1, 0.15) is 28.8 Å². The highest BCUT2D eigenvalue weighted by Gasteiger charge is 2.32. The quantitative estimate of drug-likeness (QED) is 0.826. The molecule has 0 saturated carbocycles. The number of aromatic nitrogens is 3. The van der Waals surface area contributed by atoms with Gasteiger partial charge in [-0.1, -0.05) is 0 Å². The van der Waals surface area contributed by atoms with Gasteiger partial charge in [0.25, 0.3) is 5.91 Å². The molecule has 8 nitrogen and oxygen atoms in total. The number of nitrogens with zero attached hydrogens (tertiary/aromatic N) is 5. The molecule has 0 spiro atoms. The number of carbonyl (C=O) groups excluding carboxylic acids is 2. The van der Waals surface area contributed by atoms with Crippen LogP contribution in [0.4, 0.5) is 0 Å². The van der Waals surface area contributed by atoms with Crippen molar-refractivity contribution in [3.63, 3.8) is 0 Å². The smallest absolute Gasteiger partial charge is 0.254 e. The van der Waals surface area contributed by atoms with E-state index in [0.717, 1.165) is 43.7 Å². The van der Waals surface area contributed by atoms with Crippen LogP contribution in [-0.4, -0.2) is 75.1 Å². The van der Waals surface area contributed by atoms with Crippen LogP contribution < -0.4 is 5.32 Å². The van der Waals surface area contributed by atoms with Gasteiger partial charge < -0.3 is 15.1 Å². The van der Waals surface area contributed by atoms with Gasteiger partial charge in [0.1, 0.15) is 12.7 Å². The maximum absolute atomic E-state index is 13.1. The molecule has 3 heterocycles. The van der Waals surface area contributed by atoms with Crippen molar-refractivity contribution in [2.75, 3.05) is 32.7 Å². The van der Waals surface area contributed by atoms with Crippen molar-refractivity contribution < 1.29 is 9.59 Å². The summed E-state index contributed by atoms with van der Waals surface area (Å²) in [5, 5.41) is 7.23. The lowest BCUT2D eigenvalue weighted by Gasteiger charge is -2.41. The number of halogens is 1. The molecule has 28 heavy (non-hydrogen) atoms. The Morgan fingerprint density at radius 1 is 1.29 bits per heavy atom. The van der Waals surface area contributed by atoms with E-state index in [0.29, 0.717) is 18.7 Å². The van der Waals surface area contributed by atoms with Crippen LogP contribution >= 0.6 is 12.4 Å². The number of likely N-dealkylation sites (tertiary alicyclic amines) is 1. The van der Waals surface area contributed by atoms with Crippen LogP contribution in [0.3, 0.4) is 0 Å². The zero-order valence-electron chi connectivity index (χ0n) is 15.9. The van der Waals surface area contributed by atoms with E-state index < -0.39 is 0 Å². The number of hydrogen-bond donors (Lipinski definition) is 1. The summed E-state index contributed by atoms with van der Waals surface area (Å²) < 4.78 is 1.67. The summed E-state index contributed by atoms with van der Waals surface area (Å²) in [6.07, 6.45) is 5.00. The first-order valence-corrected chi connectivity index (χ1v) is 9.38. The molecule has 2 amide bonds. The van der Waals surface area contributed by atoms with Crippen LogP contribution in [0.25, 0.3) is 5.69 Å². The molecule has 150 valence electrons. The van der Waals surface area contributed by atoms with Gasteiger partial charge in [0.05, 0.1) is 12.2 Å². The number of rotatable bonds is 3. The fourth-order valence-electron chi connectivity index (χ4n) is 3.94. The lowest BCUT2D eigenvalue weighted by Crippen LogP contribution is -2.57. The molecule has 0 bridgehead atoms. The third-order valence-electron chi connectivity index (χ3n) is 5.37. The van der Waals surface area contributed by atoms with E-state index in [1.54, 1.807) is 11.0 Å². The van der Waals surface area contributed by atoms with Gasteiger partial charge in [-0.3, -0.25) is 9.59 Å². The number of piperazine rings is 1. The SMILES string of the molecule is Cc1cc(-n2cncn2)ccc1C(=O)N1CCCC(N2CCNCC2=O)C1.Cl. The van der Waals surface area contributed by atoms with Crippen molar-refractivity contribution in [2.45, 2.75) is 25.8 Å². The summed E-state index contributed by atoms with van der Waals surface area (Å²) in [5.74, 6) is 0.166. The Labute approximate surface area is 170 Å². The summed E-state index contributed by atoms with van der Waals surface area (Å²) in [4.78, 5) is 33.1. The second-order valence-corrected chi connectivity index (χ2v) is 7.15. The second-order valence-electron chi connectivity index (χ2n) is 7.15. The summed E-state index contributed by atoms with van der Waals surface area (Å²) in [6, 6.07) is 5.81. The molecular weight excluding hydrogens is 380 g/mol. The lowest BCUT2D eigenvalue weighted by atomic mass is 10.0. The average Bonchev–Trinajstić information content (AvgIpc) is 3.23. The van der Waals surface area contributed by atoms with Gasteiger partial charge in [0.15, 0.2) is 0 Å². The molecule has 0 aliphatic carbocycles. The van der Waals surface area contributed by atoms with Gasteiger partial charge in [0.2, 0.25) is 5.91 Å². The van der Waals surface area contributed by atoms with Crippen molar-refractivity contribution in [3.05, 3.63) is 42.0 Å². The van der Waals surface area contributed by atoms with E-state index in [1.807, 2.05) is 34.9 Å². The Morgan fingerprint density at radius 3 is 2.86 bits per heavy atom. The Hall–Kier alpha value is -2.45. The summed E-state index contributed by atoms with van der Waals surface area (Å²) in [5.41, 5.74) is 2.49. The van der Waals surface area contributed by atoms with Crippen molar-refractivity contribution in [2.24, 2.45) is 0 Å². The Kier molecular flexibility index (Phi) is 6.31. The van der Waals surface area contributed by atoms with Gasteiger partial charge >= 0.3 is 0 Å². The number of nitrogens with one attached hydrogen (secondary N) is 1. The van der Waals surface area contributed by atoms with E-state index >= 15 is 0 Å². The fourth-order valence-corrected chi connectivity index (χ4v) is 3.94. The highest BCUT2D eigenvalue weighted by molar-refractivity contribution is 5.96. The van der Waals surface area contributed by atoms with Crippen molar-refractivity contribution in [1.82, 2.24) is 29.9 Å². The number of benzene rings is 1. The third kappa shape index (κ3) is 4.02. The molecule has 1 N–H and O–H groups in total. The van der Waals surface area contributed by atoms with Gasteiger partial charge in [-0.2, -0.15) is 5.10 Å². The topological polar surface area (TPSA) is 83.4 Å². The molecule has 9 heteroatoms. The molecule has 4 rings (SSSR count). The van der Waals surface area contributed by atoms with Crippen LogP contribution in [0.5, 0.6) is 0 Å². The maximum Gasteiger partial charge on any atom is 0.254 e. The number of piperidine rings is 1. The fraction of sp³-hybridized carbons (Fsp3) is 0.474. The minimum atomic E-state index is 0. The van der Waals surface area contributed by atoms with Gasteiger partial charge in [-0.25, -0.2) is 9.67 Å². The highest BCUT2D eigenvalue weighted by atomic mass is 35.5. The molecule has 1 atom stereocenters. The van der Waals surface area contributed by atoms with Crippen LogP contribution in [0.15, 0.2) is 30.9 Å². The van der Waals surface area contributed by atoms with E-state index in [4.69, 9.17) is 0 Å². The van der Waals surface area contributed by atoms with Gasteiger partial charge in [-0.05, 0) is 43.5 Å². The summed E-state index contributed by atoms with van der Waals surface area (Å²) >= 11 is 0. The Bertz CT molecular complexity index is 841. The second kappa shape index (κ2) is 8.70. The Morgan fingerprint density at radius 2 is 2.14 bits per heavy atom. The molecule has 2 fully saturated rings. The predicted molar refractivity (Wildman–Crippen MR) is 107 cm³/mol. The molecule has 2 aromatic rings. The molecule has 2 aliphatic rings. The molecule has 1 aromatic heterocycles. The summed E-state index contributed by atoms with van der Waals surface area (Å²) in [6.45, 7) is 5.22. The molecule has 0 radical (unpaired) electrons. The Balaban J connectivity index is 0.00000225. The predicted octanol–water partition coefficient (Wildman–Crippen LogP) is 1.03. The monoisotopic (exact) mass is 404 g/mol. The van der Waals surface area contributed by atoms with Crippen molar-refractivity contribution in [1.29, 1.82) is 0 Å². The average molecular weight is 405 g/mol. The lowest BCUT2D eigenvalue weighted by molar-refractivity contribution is -0.135.